The van der Waals surface area contributed by atoms with Crippen LogP contribution in [0.5, 0.6) is 0 Å². The number of hydrogen-bond donors (Lipinski definition) is 2. The molecule has 1 fully saturated rings. The molecule has 0 saturated heterocycles. The quantitative estimate of drug-likeness (QED) is 0.501. The largest absolute Gasteiger partial charge is 0.463 e. The van der Waals surface area contributed by atoms with Crippen molar-refractivity contribution in [3.05, 3.63) is 24.2 Å². The highest BCUT2D eigenvalue weighted by atomic mass is 32.1. The molecule has 0 aromatic carbocycles. The van der Waals surface area contributed by atoms with Crippen LogP contribution < -0.4 is 10.7 Å². The molecule has 0 radical (unpaired) electrons. The van der Waals surface area contributed by atoms with E-state index in [4.69, 9.17) is 16.6 Å². The van der Waals surface area contributed by atoms with Crippen LogP contribution in [0.2, 0.25) is 0 Å². The van der Waals surface area contributed by atoms with E-state index in [2.05, 4.69) is 22.8 Å². The molecule has 0 bridgehead atoms. The molecule has 1 aliphatic rings. The number of thiocarbonyl (C=S) groups is 1. The maximum Gasteiger partial charge on any atom is 0.187 e. The SMILES string of the molecule is C[C@@H]1CCCC[C@H]1NC(=S)N/N=C\c1ccco1. The Labute approximate surface area is 113 Å². The first-order chi connectivity index (χ1) is 8.75. The Hall–Kier alpha value is -1.36. The van der Waals surface area contributed by atoms with Crippen LogP contribution in [-0.2, 0) is 0 Å². The molecule has 5 heteroatoms. The molecule has 0 unspecified atom stereocenters. The van der Waals surface area contributed by atoms with E-state index in [0.29, 0.717) is 22.8 Å². The zero-order chi connectivity index (χ0) is 12.8. The highest BCUT2D eigenvalue weighted by Crippen LogP contribution is 2.23. The summed E-state index contributed by atoms with van der Waals surface area (Å²) < 4.78 is 5.13. The summed E-state index contributed by atoms with van der Waals surface area (Å²) in [5.41, 5.74) is 2.82. The van der Waals surface area contributed by atoms with Crippen molar-refractivity contribution in [2.45, 2.75) is 38.6 Å². The van der Waals surface area contributed by atoms with Gasteiger partial charge in [0.15, 0.2) is 5.11 Å². The molecular weight excluding hydrogens is 246 g/mol. The molecule has 98 valence electrons. The van der Waals surface area contributed by atoms with E-state index in [1.807, 2.05) is 12.1 Å². The van der Waals surface area contributed by atoms with Crippen molar-refractivity contribution in [3.63, 3.8) is 0 Å². The lowest BCUT2D eigenvalue weighted by atomic mass is 9.86. The third-order valence-corrected chi connectivity index (χ3v) is 3.54. The van der Waals surface area contributed by atoms with Crippen molar-refractivity contribution in [1.29, 1.82) is 0 Å². The Morgan fingerprint density at radius 3 is 3.06 bits per heavy atom. The van der Waals surface area contributed by atoms with E-state index in [0.717, 1.165) is 0 Å². The van der Waals surface area contributed by atoms with Crippen molar-refractivity contribution in [2.24, 2.45) is 11.0 Å². The molecule has 2 atom stereocenters. The van der Waals surface area contributed by atoms with Crippen LogP contribution in [0.4, 0.5) is 0 Å². The summed E-state index contributed by atoms with van der Waals surface area (Å²) in [6.07, 6.45) is 8.29. The second-order valence-electron chi connectivity index (χ2n) is 4.73. The average Bonchev–Trinajstić information content (AvgIpc) is 2.85. The van der Waals surface area contributed by atoms with E-state index in [-0.39, 0.29) is 0 Å². The summed E-state index contributed by atoms with van der Waals surface area (Å²) in [5.74, 6) is 1.38. The number of rotatable bonds is 3. The first kappa shape index (κ1) is 13.1. The van der Waals surface area contributed by atoms with Gasteiger partial charge < -0.3 is 9.73 Å². The monoisotopic (exact) mass is 265 g/mol. The van der Waals surface area contributed by atoms with Gasteiger partial charge in [0.2, 0.25) is 0 Å². The van der Waals surface area contributed by atoms with Crippen molar-refractivity contribution < 1.29 is 4.42 Å². The Balaban J connectivity index is 1.74. The lowest BCUT2D eigenvalue weighted by molar-refractivity contribution is 0.308. The highest BCUT2D eigenvalue weighted by molar-refractivity contribution is 7.80. The molecule has 0 spiro atoms. The molecule has 18 heavy (non-hydrogen) atoms. The van der Waals surface area contributed by atoms with E-state index >= 15 is 0 Å². The van der Waals surface area contributed by atoms with Gasteiger partial charge in [0.05, 0.1) is 12.5 Å². The number of hydrazone groups is 1. The molecule has 1 aliphatic carbocycles. The summed E-state index contributed by atoms with van der Waals surface area (Å²) in [7, 11) is 0. The number of nitrogens with one attached hydrogen (secondary N) is 2. The Kier molecular flexibility index (Phi) is 4.75. The molecule has 1 heterocycles. The first-order valence-corrected chi connectivity index (χ1v) is 6.79. The summed E-state index contributed by atoms with van der Waals surface area (Å²) in [6, 6.07) is 4.13. The van der Waals surface area contributed by atoms with Crippen LogP contribution in [0.15, 0.2) is 27.9 Å². The molecule has 0 aliphatic heterocycles. The molecule has 2 N–H and O–H groups in total. The van der Waals surface area contributed by atoms with Gasteiger partial charge in [-0.1, -0.05) is 19.8 Å². The van der Waals surface area contributed by atoms with Gasteiger partial charge in [-0.15, -0.1) is 0 Å². The summed E-state index contributed by atoms with van der Waals surface area (Å²) in [4.78, 5) is 0. The normalized spacial score (nSPS) is 24.1. The van der Waals surface area contributed by atoms with Gasteiger partial charge in [0.25, 0.3) is 0 Å². The van der Waals surface area contributed by atoms with Crippen molar-refractivity contribution >= 4 is 23.5 Å². The van der Waals surface area contributed by atoms with Crippen LogP contribution in [0.25, 0.3) is 0 Å². The topological polar surface area (TPSA) is 49.6 Å². The fourth-order valence-corrected chi connectivity index (χ4v) is 2.45. The predicted octanol–water partition coefficient (Wildman–Crippen LogP) is 2.66. The second kappa shape index (κ2) is 6.54. The number of furan rings is 1. The van der Waals surface area contributed by atoms with E-state index in [1.54, 1.807) is 12.5 Å². The van der Waals surface area contributed by atoms with Crippen molar-refractivity contribution in [3.8, 4) is 0 Å². The van der Waals surface area contributed by atoms with Gasteiger partial charge in [0, 0.05) is 6.04 Å². The standard InChI is InChI=1S/C13H19N3OS/c1-10-5-2-3-7-12(10)15-13(18)16-14-9-11-6-4-8-17-11/h4,6,8-10,12H,2-3,5,7H2,1H3,(H2,15,16,18)/b14-9-/t10-,12-/m1/s1. The molecule has 1 saturated carbocycles. The van der Waals surface area contributed by atoms with Gasteiger partial charge in [0.1, 0.15) is 5.76 Å². The molecule has 1 aromatic heterocycles. The molecule has 2 rings (SSSR count). The molecule has 4 nitrogen and oxygen atoms in total. The van der Waals surface area contributed by atoms with Crippen LogP contribution >= 0.6 is 12.2 Å². The minimum absolute atomic E-state index is 0.470. The number of hydrogen-bond acceptors (Lipinski definition) is 3. The van der Waals surface area contributed by atoms with Crippen molar-refractivity contribution in [1.82, 2.24) is 10.7 Å². The third-order valence-electron chi connectivity index (χ3n) is 3.33. The zero-order valence-corrected chi connectivity index (χ0v) is 11.4. The van der Waals surface area contributed by atoms with Gasteiger partial charge >= 0.3 is 0 Å². The van der Waals surface area contributed by atoms with E-state index in [9.17, 15) is 0 Å². The molecule has 1 aromatic rings. The van der Waals surface area contributed by atoms with E-state index in [1.165, 1.54) is 25.7 Å². The lowest BCUT2D eigenvalue weighted by Gasteiger charge is -2.30. The minimum Gasteiger partial charge on any atom is -0.463 e. The first-order valence-electron chi connectivity index (χ1n) is 6.39. The van der Waals surface area contributed by atoms with Crippen molar-refractivity contribution in [2.75, 3.05) is 0 Å². The Morgan fingerprint density at radius 2 is 2.33 bits per heavy atom. The van der Waals surface area contributed by atoms with Gasteiger partial charge in [-0.2, -0.15) is 5.10 Å². The highest BCUT2D eigenvalue weighted by Gasteiger charge is 2.21. The smallest absolute Gasteiger partial charge is 0.187 e. The maximum absolute atomic E-state index is 5.22. The predicted molar refractivity (Wildman–Crippen MR) is 76.6 cm³/mol. The summed E-state index contributed by atoms with van der Waals surface area (Å²) in [6.45, 7) is 2.27. The van der Waals surface area contributed by atoms with Gasteiger partial charge in [-0.05, 0) is 43.1 Å². The van der Waals surface area contributed by atoms with Gasteiger partial charge in [-0.25, -0.2) is 0 Å². The number of nitrogens with zero attached hydrogens (tertiary/aromatic N) is 1. The average molecular weight is 265 g/mol. The maximum atomic E-state index is 5.22. The van der Waals surface area contributed by atoms with Crippen LogP contribution in [0.3, 0.4) is 0 Å². The summed E-state index contributed by atoms with van der Waals surface area (Å²) >= 11 is 5.22. The third kappa shape index (κ3) is 3.84. The van der Waals surface area contributed by atoms with E-state index < -0.39 is 0 Å². The minimum atomic E-state index is 0.470. The Bertz CT molecular complexity index is 402. The zero-order valence-electron chi connectivity index (χ0n) is 10.6. The fourth-order valence-electron chi connectivity index (χ4n) is 2.25. The van der Waals surface area contributed by atoms with Gasteiger partial charge in [-0.3, -0.25) is 5.43 Å². The molecular formula is C13H19N3OS. The van der Waals surface area contributed by atoms with Crippen LogP contribution in [0.1, 0.15) is 38.4 Å². The second-order valence-corrected chi connectivity index (χ2v) is 5.14. The summed E-state index contributed by atoms with van der Waals surface area (Å²) in [5, 5.41) is 7.94. The lowest BCUT2D eigenvalue weighted by Crippen LogP contribution is -2.44. The Morgan fingerprint density at radius 1 is 1.50 bits per heavy atom. The molecule has 0 amide bonds. The fraction of sp³-hybridized carbons (Fsp3) is 0.538. The van der Waals surface area contributed by atoms with Crippen LogP contribution in [-0.4, -0.2) is 17.4 Å². The van der Waals surface area contributed by atoms with Crippen LogP contribution in [0, 0.1) is 5.92 Å².